The Hall–Kier alpha value is -2.04. The van der Waals surface area contributed by atoms with Gasteiger partial charge in [-0.15, -0.1) is 23.2 Å². The van der Waals surface area contributed by atoms with Crippen LogP contribution in [0.3, 0.4) is 0 Å². The van der Waals surface area contributed by atoms with E-state index in [2.05, 4.69) is 5.32 Å². The normalized spacial score (nSPS) is 25.9. The molecule has 1 saturated carbocycles. The number of nitrogens with zero attached hydrogens (tertiary/aromatic N) is 1. The lowest BCUT2D eigenvalue weighted by atomic mass is 9.82. The Labute approximate surface area is 162 Å². The monoisotopic (exact) mass is 388 g/mol. The number of benzene rings is 2. The van der Waals surface area contributed by atoms with Crippen LogP contribution < -0.4 is 5.32 Å². The molecule has 2 aliphatic rings. The molecule has 0 aromatic heterocycles. The van der Waals surface area contributed by atoms with Crippen LogP contribution >= 0.6 is 23.2 Å². The molecule has 1 N–H and O–H groups in total. The number of amides is 3. The van der Waals surface area contributed by atoms with E-state index in [1.807, 2.05) is 67.6 Å². The molecule has 1 aliphatic heterocycles. The van der Waals surface area contributed by atoms with Crippen molar-refractivity contribution in [3.05, 3.63) is 71.8 Å². The second-order valence-electron chi connectivity index (χ2n) is 7.25. The average Bonchev–Trinajstić information content (AvgIpc) is 3.04. The molecule has 134 valence electrons. The Morgan fingerprint density at radius 2 is 1.42 bits per heavy atom. The maximum Gasteiger partial charge on any atom is 0.325 e. The molecule has 1 heterocycles. The smallest absolute Gasteiger partial charge is 0.315 e. The summed E-state index contributed by atoms with van der Waals surface area (Å²) in [5.74, 6) is -0.308. The largest absolute Gasteiger partial charge is 0.325 e. The van der Waals surface area contributed by atoms with Crippen LogP contribution in [0.5, 0.6) is 0 Å². The van der Waals surface area contributed by atoms with Gasteiger partial charge < -0.3 is 5.32 Å². The van der Waals surface area contributed by atoms with Crippen molar-refractivity contribution in [1.29, 1.82) is 0 Å². The van der Waals surface area contributed by atoms with Gasteiger partial charge in [-0.3, -0.25) is 9.69 Å². The van der Waals surface area contributed by atoms with E-state index in [1.54, 1.807) is 0 Å². The van der Waals surface area contributed by atoms with Gasteiger partial charge >= 0.3 is 6.03 Å². The second-order valence-corrected chi connectivity index (χ2v) is 8.73. The fraction of sp³-hybridized carbons (Fsp3) is 0.300. The highest BCUT2D eigenvalue weighted by Crippen LogP contribution is 2.64. The van der Waals surface area contributed by atoms with E-state index < -0.39 is 21.3 Å². The molecule has 1 unspecified atom stereocenters. The zero-order chi connectivity index (χ0) is 18.6. The van der Waals surface area contributed by atoms with E-state index in [1.165, 1.54) is 4.90 Å². The summed E-state index contributed by atoms with van der Waals surface area (Å²) in [5.41, 5.74) is -0.300. The molecule has 26 heavy (non-hydrogen) atoms. The van der Waals surface area contributed by atoms with Crippen LogP contribution in [0.1, 0.15) is 24.5 Å². The summed E-state index contributed by atoms with van der Waals surface area (Å²) in [6, 6.07) is 18.1. The van der Waals surface area contributed by atoms with Gasteiger partial charge in [-0.2, -0.15) is 0 Å². The first-order chi connectivity index (χ1) is 12.3. The highest BCUT2D eigenvalue weighted by Gasteiger charge is 2.66. The number of nitrogens with one attached hydrogen (secondary N) is 1. The van der Waals surface area contributed by atoms with Crippen LogP contribution in [0.2, 0.25) is 0 Å². The number of imide groups is 1. The molecule has 2 fully saturated rings. The van der Waals surface area contributed by atoms with Crippen molar-refractivity contribution in [3.8, 4) is 0 Å². The molecule has 1 saturated heterocycles. The van der Waals surface area contributed by atoms with Gasteiger partial charge in [-0.05, 0) is 17.5 Å². The zero-order valence-electron chi connectivity index (χ0n) is 14.2. The maximum atomic E-state index is 13.5. The minimum atomic E-state index is -1.24. The van der Waals surface area contributed by atoms with Gasteiger partial charge in [0, 0.05) is 12.0 Å². The number of halogens is 2. The van der Waals surface area contributed by atoms with Crippen molar-refractivity contribution in [2.24, 2.45) is 5.41 Å². The molecule has 6 heteroatoms. The first-order valence-electron chi connectivity index (χ1n) is 8.43. The fourth-order valence-corrected chi connectivity index (χ4v) is 4.33. The van der Waals surface area contributed by atoms with Gasteiger partial charge in [-0.1, -0.05) is 67.6 Å². The molecule has 0 spiro atoms. The predicted molar refractivity (Wildman–Crippen MR) is 101 cm³/mol. The number of rotatable bonds is 4. The third kappa shape index (κ3) is 2.43. The fourth-order valence-electron chi connectivity index (χ4n) is 3.62. The van der Waals surface area contributed by atoms with Crippen LogP contribution in [0.4, 0.5) is 4.79 Å². The second kappa shape index (κ2) is 5.73. The van der Waals surface area contributed by atoms with Gasteiger partial charge in [-0.25, -0.2) is 4.79 Å². The average molecular weight is 389 g/mol. The first-order valence-corrected chi connectivity index (χ1v) is 9.19. The summed E-state index contributed by atoms with van der Waals surface area (Å²) in [7, 11) is 0. The number of urea groups is 1. The minimum Gasteiger partial charge on any atom is -0.315 e. The zero-order valence-corrected chi connectivity index (χ0v) is 15.7. The Morgan fingerprint density at radius 3 is 1.85 bits per heavy atom. The molecule has 0 bridgehead atoms. The molecule has 4 nitrogen and oxygen atoms in total. The SMILES string of the molecule is CC1(CN2C(=O)NC(c3ccccc3)(c3ccccc3)C2=O)CC1(Cl)Cl. The lowest BCUT2D eigenvalue weighted by Crippen LogP contribution is -2.45. The summed E-state index contributed by atoms with van der Waals surface area (Å²) < 4.78 is -0.904. The number of carbonyl (C=O) groups is 2. The van der Waals surface area contributed by atoms with Crippen LogP contribution in [0.25, 0.3) is 0 Å². The third-order valence-corrected chi connectivity index (χ3v) is 6.58. The van der Waals surface area contributed by atoms with Crippen LogP contribution in [-0.4, -0.2) is 27.7 Å². The lowest BCUT2D eigenvalue weighted by molar-refractivity contribution is -0.130. The van der Waals surface area contributed by atoms with Crippen molar-refractivity contribution < 1.29 is 9.59 Å². The standard InChI is InChI=1S/C20H18Cl2N2O2/c1-18(12-19(18,21)22)13-24-16(25)20(23-17(24)26,14-8-4-2-5-9-14)15-10-6-3-7-11-15/h2-11H,12-13H2,1H3,(H,23,26). The minimum absolute atomic E-state index is 0.187. The summed E-state index contributed by atoms with van der Waals surface area (Å²) in [5, 5.41) is 2.93. The van der Waals surface area contributed by atoms with Crippen LogP contribution in [0.15, 0.2) is 60.7 Å². The van der Waals surface area contributed by atoms with Crippen molar-refractivity contribution in [3.63, 3.8) is 0 Å². The number of carbonyl (C=O) groups excluding carboxylic acids is 2. The lowest BCUT2D eigenvalue weighted by Gasteiger charge is -2.28. The van der Waals surface area contributed by atoms with Gasteiger partial charge in [0.15, 0.2) is 5.54 Å². The summed E-state index contributed by atoms with van der Waals surface area (Å²) in [6.45, 7) is 2.07. The maximum absolute atomic E-state index is 13.5. The molecule has 4 rings (SSSR count). The Bertz CT molecular complexity index is 830. The van der Waals surface area contributed by atoms with E-state index >= 15 is 0 Å². The molecule has 1 atom stereocenters. The van der Waals surface area contributed by atoms with Crippen molar-refractivity contribution >= 4 is 35.1 Å². The number of hydrogen-bond acceptors (Lipinski definition) is 2. The Balaban J connectivity index is 1.79. The van der Waals surface area contributed by atoms with Crippen LogP contribution in [-0.2, 0) is 10.3 Å². The van der Waals surface area contributed by atoms with E-state index in [9.17, 15) is 9.59 Å². The Morgan fingerprint density at radius 1 is 0.962 bits per heavy atom. The van der Waals surface area contributed by atoms with E-state index in [-0.39, 0.29) is 12.5 Å². The topological polar surface area (TPSA) is 49.4 Å². The van der Waals surface area contributed by atoms with Gasteiger partial charge in [0.1, 0.15) is 4.33 Å². The summed E-state index contributed by atoms with van der Waals surface area (Å²) >= 11 is 12.4. The van der Waals surface area contributed by atoms with E-state index in [0.717, 1.165) is 11.1 Å². The molecular weight excluding hydrogens is 371 g/mol. The highest BCUT2D eigenvalue weighted by molar-refractivity contribution is 6.51. The highest BCUT2D eigenvalue weighted by atomic mass is 35.5. The van der Waals surface area contributed by atoms with Crippen LogP contribution in [0, 0.1) is 5.41 Å². The summed E-state index contributed by atoms with van der Waals surface area (Å²) in [4.78, 5) is 27.5. The van der Waals surface area contributed by atoms with Crippen molar-refractivity contribution in [1.82, 2.24) is 10.2 Å². The summed E-state index contributed by atoms with van der Waals surface area (Å²) in [6.07, 6.45) is 0.545. The molecule has 2 aromatic carbocycles. The van der Waals surface area contributed by atoms with Crippen molar-refractivity contribution in [2.45, 2.75) is 23.2 Å². The molecule has 1 aliphatic carbocycles. The molecule has 3 amide bonds. The number of alkyl halides is 2. The van der Waals surface area contributed by atoms with Gasteiger partial charge in [0.2, 0.25) is 0 Å². The van der Waals surface area contributed by atoms with E-state index in [0.29, 0.717) is 6.42 Å². The van der Waals surface area contributed by atoms with E-state index in [4.69, 9.17) is 23.2 Å². The van der Waals surface area contributed by atoms with Crippen molar-refractivity contribution in [2.75, 3.05) is 6.54 Å². The first kappa shape index (κ1) is 17.4. The predicted octanol–water partition coefficient (Wildman–Crippen LogP) is 4.07. The Kier molecular flexibility index (Phi) is 3.83. The molecule has 0 radical (unpaired) electrons. The number of hydrogen-bond donors (Lipinski definition) is 1. The quantitative estimate of drug-likeness (QED) is 0.633. The van der Waals surface area contributed by atoms with Gasteiger partial charge in [0.25, 0.3) is 5.91 Å². The molecular formula is C20H18Cl2N2O2. The van der Waals surface area contributed by atoms with Gasteiger partial charge in [0.05, 0.1) is 0 Å². The third-order valence-electron chi connectivity index (χ3n) is 5.40. The molecule has 2 aromatic rings.